The molecule has 0 aliphatic rings. The van der Waals surface area contributed by atoms with Crippen molar-refractivity contribution >= 4 is 15.9 Å². The fourth-order valence-corrected chi connectivity index (χ4v) is 1.38. The molecule has 0 aliphatic carbocycles. The van der Waals surface area contributed by atoms with Gasteiger partial charge < -0.3 is 15.2 Å². The molecule has 1 aromatic carbocycles. The van der Waals surface area contributed by atoms with Gasteiger partial charge in [-0.3, -0.25) is 0 Å². The lowest BCUT2D eigenvalue weighted by Gasteiger charge is -2.12. The lowest BCUT2D eigenvalue weighted by Crippen LogP contribution is -2.31. The largest absolute Gasteiger partial charge is 0.491 e. The summed E-state index contributed by atoms with van der Waals surface area (Å²) < 4.78 is 18.8. The summed E-state index contributed by atoms with van der Waals surface area (Å²) in [5.74, 6) is 0.0370. The van der Waals surface area contributed by atoms with E-state index in [1.165, 1.54) is 6.07 Å². The van der Waals surface area contributed by atoms with E-state index < -0.39 is 6.10 Å². The van der Waals surface area contributed by atoms with Crippen LogP contribution in [0.1, 0.15) is 6.92 Å². The van der Waals surface area contributed by atoms with Crippen molar-refractivity contribution in [2.24, 2.45) is 0 Å². The minimum absolute atomic E-state index is 0.147. The third kappa shape index (κ3) is 4.47. The van der Waals surface area contributed by atoms with Crippen LogP contribution < -0.4 is 10.1 Å². The molecule has 16 heavy (non-hydrogen) atoms. The Morgan fingerprint density at radius 3 is 2.94 bits per heavy atom. The van der Waals surface area contributed by atoms with E-state index in [0.717, 1.165) is 6.54 Å². The van der Waals surface area contributed by atoms with E-state index in [1.807, 2.05) is 6.92 Å². The Kier molecular flexibility index (Phi) is 5.73. The minimum Gasteiger partial charge on any atom is -0.491 e. The second-order valence-electron chi connectivity index (χ2n) is 3.35. The minimum atomic E-state index is -0.591. The molecule has 0 aliphatic heterocycles. The van der Waals surface area contributed by atoms with Gasteiger partial charge in [-0.15, -0.1) is 0 Å². The standard InChI is InChI=1S/C11H15BrFNO2/c1-2-14-6-8(15)7-16-9-3-4-10(12)11(13)5-9/h3-5,8,14-15H,2,6-7H2,1H3. The van der Waals surface area contributed by atoms with Gasteiger partial charge in [-0.05, 0) is 34.6 Å². The predicted molar refractivity (Wildman–Crippen MR) is 64.1 cm³/mol. The molecule has 0 radical (unpaired) electrons. The van der Waals surface area contributed by atoms with Crippen LogP contribution in [0.3, 0.4) is 0 Å². The number of aliphatic hydroxyl groups excluding tert-OH is 1. The summed E-state index contributed by atoms with van der Waals surface area (Å²) in [5, 5.41) is 12.5. The van der Waals surface area contributed by atoms with E-state index in [1.54, 1.807) is 12.1 Å². The second-order valence-corrected chi connectivity index (χ2v) is 4.20. The Labute approximate surface area is 103 Å². The first kappa shape index (κ1) is 13.4. The van der Waals surface area contributed by atoms with Gasteiger partial charge in [0.25, 0.3) is 0 Å². The molecule has 0 heterocycles. The number of ether oxygens (including phenoxy) is 1. The fourth-order valence-electron chi connectivity index (χ4n) is 1.13. The average Bonchev–Trinajstić information content (AvgIpc) is 2.28. The molecule has 0 bridgehead atoms. The fraction of sp³-hybridized carbons (Fsp3) is 0.455. The molecular formula is C11H15BrFNO2. The third-order valence-corrected chi connectivity index (χ3v) is 2.61. The van der Waals surface area contributed by atoms with Crippen LogP contribution in [-0.2, 0) is 0 Å². The van der Waals surface area contributed by atoms with Gasteiger partial charge in [0.15, 0.2) is 0 Å². The Bertz CT molecular complexity index is 336. The number of rotatable bonds is 6. The highest BCUT2D eigenvalue weighted by Crippen LogP contribution is 2.20. The van der Waals surface area contributed by atoms with Gasteiger partial charge in [-0.2, -0.15) is 0 Å². The number of likely N-dealkylation sites (N-methyl/N-ethyl adjacent to an activating group) is 1. The quantitative estimate of drug-likeness (QED) is 0.842. The van der Waals surface area contributed by atoms with Gasteiger partial charge in [0, 0.05) is 12.6 Å². The highest BCUT2D eigenvalue weighted by Gasteiger charge is 2.06. The summed E-state index contributed by atoms with van der Waals surface area (Å²) in [7, 11) is 0. The highest BCUT2D eigenvalue weighted by molar-refractivity contribution is 9.10. The van der Waals surface area contributed by atoms with Crippen molar-refractivity contribution in [1.82, 2.24) is 5.32 Å². The molecule has 1 atom stereocenters. The van der Waals surface area contributed by atoms with E-state index in [4.69, 9.17) is 4.74 Å². The van der Waals surface area contributed by atoms with Crippen molar-refractivity contribution in [2.75, 3.05) is 19.7 Å². The summed E-state index contributed by atoms with van der Waals surface area (Å²) in [6, 6.07) is 4.50. The molecule has 0 aromatic heterocycles. The van der Waals surface area contributed by atoms with Crippen molar-refractivity contribution < 1.29 is 14.2 Å². The van der Waals surface area contributed by atoms with Crippen LogP contribution in [0.4, 0.5) is 4.39 Å². The second kappa shape index (κ2) is 6.83. The maximum absolute atomic E-state index is 13.1. The summed E-state index contributed by atoms with van der Waals surface area (Å²) in [5.41, 5.74) is 0. The van der Waals surface area contributed by atoms with Gasteiger partial charge in [-0.1, -0.05) is 6.92 Å². The first-order valence-corrected chi connectivity index (χ1v) is 5.89. The zero-order valence-electron chi connectivity index (χ0n) is 9.04. The molecule has 0 spiro atoms. The van der Waals surface area contributed by atoms with Crippen LogP contribution in [0.15, 0.2) is 22.7 Å². The number of hydrogen-bond acceptors (Lipinski definition) is 3. The van der Waals surface area contributed by atoms with Crippen LogP contribution in [0.2, 0.25) is 0 Å². The first-order valence-electron chi connectivity index (χ1n) is 5.10. The lowest BCUT2D eigenvalue weighted by molar-refractivity contribution is 0.107. The van der Waals surface area contributed by atoms with Crippen LogP contribution in [0, 0.1) is 5.82 Å². The molecule has 90 valence electrons. The maximum Gasteiger partial charge on any atom is 0.141 e. The molecule has 0 fully saturated rings. The molecule has 3 nitrogen and oxygen atoms in total. The van der Waals surface area contributed by atoms with E-state index >= 15 is 0 Å². The topological polar surface area (TPSA) is 41.5 Å². The maximum atomic E-state index is 13.1. The van der Waals surface area contributed by atoms with Gasteiger partial charge >= 0.3 is 0 Å². The Morgan fingerprint density at radius 2 is 2.31 bits per heavy atom. The normalized spacial score (nSPS) is 12.5. The van der Waals surface area contributed by atoms with E-state index in [9.17, 15) is 9.50 Å². The number of halogens is 2. The van der Waals surface area contributed by atoms with E-state index in [2.05, 4.69) is 21.2 Å². The molecular weight excluding hydrogens is 277 g/mol. The van der Waals surface area contributed by atoms with Gasteiger partial charge in [0.1, 0.15) is 24.3 Å². The molecule has 5 heteroatoms. The smallest absolute Gasteiger partial charge is 0.141 e. The number of hydrogen-bond donors (Lipinski definition) is 2. The van der Waals surface area contributed by atoms with Crippen LogP contribution in [0.5, 0.6) is 5.75 Å². The SMILES string of the molecule is CCNCC(O)COc1ccc(Br)c(F)c1. The molecule has 2 N–H and O–H groups in total. The van der Waals surface area contributed by atoms with Gasteiger partial charge in [0.2, 0.25) is 0 Å². The average molecular weight is 292 g/mol. The zero-order valence-corrected chi connectivity index (χ0v) is 10.6. The van der Waals surface area contributed by atoms with Crippen LogP contribution >= 0.6 is 15.9 Å². The Hall–Kier alpha value is -0.650. The number of benzene rings is 1. The monoisotopic (exact) mass is 291 g/mol. The zero-order chi connectivity index (χ0) is 12.0. The third-order valence-electron chi connectivity index (χ3n) is 1.96. The van der Waals surface area contributed by atoms with E-state index in [0.29, 0.717) is 16.8 Å². The van der Waals surface area contributed by atoms with Crippen LogP contribution in [-0.4, -0.2) is 30.9 Å². The predicted octanol–water partition coefficient (Wildman–Crippen LogP) is 1.94. The summed E-state index contributed by atoms with van der Waals surface area (Å²) in [6.07, 6.45) is -0.591. The molecule has 1 aromatic rings. The van der Waals surface area contributed by atoms with Gasteiger partial charge in [0.05, 0.1) is 4.47 Å². The first-order chi connectivity index (χ1) is 7.63. The van der Waals surface area contributed by atoms with Crippen LogP contribution in [0.25, 0.3) is 0 Å². The highest BCUT2D eigenvalue weighted by atomic mass is 79.9. The summed E-state index contributed by atoms with van der Waals surface area (Å²) in [6.45, 7) is 3.37. The van der Waals surface area contributed by atoms with Crippen molar-refractivity contribution in [2.45, 2.75) is 13.0 Å². The molecule has 0 amide bonds. The molecule has 1 unspecified atom stereocenters. The number of nitrogens with one attached hydrogen (secondary N) is 1. The van der Waals surface area contributed by atoms with E-state index in [-0.39, 0.29) is 12.4 Å². The Balaban J connectivity index is 2.39. The molecule has 0 saturated carbocycles. The van der Waals surface area contributed by atoms with Crippen molar-refractivity contribution in [3.63, 3.8) is 0 Å². The van der Waals surface area contributed by atoms with Gasteiger partial charge in [-0.25, -0.2) is 4.39 Å². The lowest BCUT2D eigenvalue weighted by atomic mass is 10.3. The van der Waals surface area contributed by atoms with Crippen molar-refractivity contribution in [1.29, 1.82) is 0 Å². The Morgan fingerprint density at radius 1 is 1.56 bits per heavy atom. The van der Waals surface area contributed by atoms with Crippen molar-refractivity contribution in [3.05, 3.63) is 28.5 Å². The summed E-state index contributed by atoms with van der Waals surface area (Å²) >= 11 is 3.05. The van der Waals surface area contributed by atoms with Crippen molar-refractivity contribution in [3.8, 4) is 5.75 Å². The number of aliphatic hydroxyl groups is 1. The summed E-state index contributed by atoms with van der Waals surface area (Å²) in [4.78, 5) is 0. The molecule has 0 saturated heterocycles. The molecule has 1 rings (SSSR count).